The minimum Gasteiger partial charge on any atom is -0.479 e. The predicted molar refractivity (Wildman–Crippen MR) is 33.3 cm³/mol. The average molecular weight is 143 g/mol. The van der Waals surface area contributed by atoms with Crippen LogP contribution in [0.5, 0.6) is 0 Å². The first-order valence-corrected chi connectivity index (χ1v) is 2.85. The van der Waals surface area contributed by atoms with Gasteiger partial charge in [-0.3, -0.25) is 0 Å². The molecule has 1 N–H and O–H groups in total. The predicted octanol–water partition coefficient (Wildman–Crippen LogP) is 0.388. The fourth-order valence-electron chi connectivity index (χ4n) is 0.416. The molecule has 0 aliphatic carbocycles. The maximum absolute atomic E-state index is 10.1. The Morgan fingerprint density at radius 3 is 2.30 bits per heavy atom. The normalized spacial score (nSPS) is 12.6. The molecule has 0 saturated carbocycles. The highest BCUT2D eigenvalue weighted by Crippen LogP contribution is 1.95. The van der Waals surface area contributed by atoms with Gasteiger partial charge in [0.1, 0.15) is 6.07 Å². The van der Waals surface area contributed by atoms with E-state index in [9.17, 15) is 4.79 Å². The van der Waals surface area contributed by atoms with Gasteiger partial charge in [-0.25, -0.2) is 4.79 Å². The molecule has 0 aromatic heterocycles. The number of nitrogens with zero attached hydrogens (tertiary/aromatic N) is 1. The van der Waals surface area contributed by atoms with Crippen molar-refractivity contribution in [2.24, 2.45) is 0 Å². The number of hydrogen-bond donors (Lipinski definition) is 1. The topological polar surface area (TPSA) is 70.3 Å². The first-order valence-electron chi connectivity index (χ1n) is 2.85. The highest BCUT2D eigenvalue weighted by molar-refractivity contribution is 5.75. The Bertz CT molecular complexity index is 159. The molecule has 0 aromatic carbocycles. The summed E-state index contributed by atoms with van der Waals surface area (Å²) in [4.78, 5) is 10.1. The molecule has 1 atom stereocenters. The molecule has 4 heteroatoms. The van der Waals surface area contributed by atoms with E-state index in [-0.39, 0.29) is 6.10 Å². The zero-order valence-electron chi connectivity index (χ0n) is 5.87. The molecule has 0 aliphatic heterocycles. The van der Waals surface area contributed by atoms with Crippen LogP contribution < -0.4 is 0 Å². The van der Waals surface area contributed by atoms with Gasteiger partial charge in [-0.15, -0.1) is 0 Å². The van der Waals surface area contributed by atoms with Gasteiger partial charge in [-0.05, 0) is 13.8 Å². The SMILES string of the molecule is CC(C)OC(C#N)C(=O)O. The van der Waals surface area contributed by atoms with Crippen molar-refractivity contribution in [3.8, 4) is 6.07 Å². The van der Waals surface area contributed by atoms with E-state index in [1.807, 2.05) is 0 Å². The molecular formula is C6H9NO3. The molecule has 0 radical (unpaired) electrons. The summed E-state index contributed by atoms with van der Waals surface area (Å²) in [5.74, 6) is -1.24. The molecule has 56 valence electrons. The van der Waals surface area contributed by atoms with Crippen molar-refractivity contribution in [2.45, 2.75) is 26.1 Å². The first-order chi connectivity index (χ1) is 4.57. The van der Waals surface area contributed by atoms with Crippen LogP contribution in [0.4, 0.5) is 0 Å². The van der Waals surface area contributed by atoms with E-state index in [2.05, 4.69) is 0 Å². The third-order valence-corrected chi connectivity index (χ3v) is 0.750. The second-order valence-electron chi connectivity index (χ2n) is 2.03. The second kappa shape index (κ2) is 3.85. The number of carboxylic acids is 1. The summed E-state index contributed by atoms with van der Waals surface area (Å²) < 4.78 is 4.70. The molecular weight excluding hydrogens is 134 g/mol. The van der Waals surface area contributed by atoms with Crippen LogP contribution >= 0.6 is 0 Å². The molecule has 0 bridgehead atoms. The highest BCUT2D eigenvalue weighted by Gasteiger charge is 2.17. The molecule has 0 saturated heterocycles. The van der Waals surface area contributed by atoms with Crippen molar-refractivity contribution in [1.29, 1.82) is 5.26 Å². The smallest absolute Gasteiger partial charge is 0.347 e. The standard InChI is InChI=1S/C6H9NO3/c1-4(2)10-5(3-7)6(8)9/h4-5H,1-2H3,(H,8,9). The van der Waals surface area contributed by atoms with Crippen molar-refractivity contribution in [3.63, 3.8) is 0 Å². The second-order valence-corrected chi connectivity index (χ2v) is 2.03. The Kier molecular flexibility index (Phi) is 3.44. The fourth-order valence-corrected chi connectivity index (χ4v) is 0.416. The van der Waals surface area contributed by atoms with Gasteiger partial charge in [0.05, 0.1) is 6.10 Å². The molecule has 0 amide bonds. The summed E-state index contributed by atoms with van der Waals surface area (Å²) in [6.45, 7) is 3.35. The van der Waals surface area contributed by atoms with E-state index in [1.54, 1.807) is 13.8 Å². The van der Waals surface area contributed by atoms with Crippen LogP contribution in [0, 0.1) is 11.3 Å². The van der Waals surface area contributed by atoms with Gasteiger partial charge < -0.3 is 9.84 Å². The van der Waals surface area contributed by atoms with E-state index >= 15 is 0 Å². The number of ether oxygens (including phenoxy) is 1. The number of nitriles is 1. The molecule has 0 heterocycles. The van der Waals surface area contributed by atoms with Gasteiger partial charge in [0.25, 0.3) is 0 Å². The van der Waals surface area contributed by atoms with Crippen LogP contribution in [0.25, 0.3) is 0 Å². The zero-order valence-corrected chi connectivity index (χ0v) is 5.87. The number of rotatable bonds is 3. The highest BCUT2D eigenvalue weighted by atomic mass is 16.5. The Hall–Kier alpha value is -1.08. The third-order valence-electron chi connectivity index (χ3n) is 0.750. The molecule has 0 aromatic rings. The monoisotopic (exact) mass is 143 g/mol. The lowest BCUT2D eigenvalue weighted by atomic mass is 10.4. The van der Waals surface area contributed by atoms with Crippen LogP contribution in [-0.2, 0) is 9.53 Å². The van der Waals surface area contributed by atoms with E-state index in [4.69, 9.17) is 15.1 Å². The minimum absolute atomic E-state index is 0.235. The number of carbonyl (C=O) groups is 1. The van der Waals surface area contributed by atoms with Crippen LogP contribution in [0.1, 0.15) is 13.8 Å². The van der Waals surface area contributed by atoms with E-state index in [1.165, 1.54) is 6.07 Å². The first kappa shape index (κ1) is 8.92. The lowest BCUT2D eigenvalue weighted by Crippen LogP contribution is -2.24. The molecule has 0 spiro atoms. The Morgan fingerprint density at radius 1 is 1.70 bits per heavy atom. The maximum atomic E-state index is 10.1. The fraction of sp³-hybridized carbons (Fsp3) is 0.667. The van der Waals surface area contributed by atoms with Gasteiger partial charge in [0.15, 0.2) is 0 Å². The summed E-state index contributed by atoms with van der Waals surface area (Å²) >= 11 is 0. The zero-order chi connectivity index (χ0) is 8.15. The van der Waals surface area contributed by atoms with Crippen LogP contribution in [0.3, 0.4) is 0 Å². The van der Waals surface area contributed by atoms with Gasteiger partial charge in [0.2, 0.25) is 6.10 Å². The minimum atomic E-state index is -1.33. The van der Waals surface area contributed by atoms with Gasteiger partial charge >= 0.3 is 5.97 Å². The molecule has 0 fully saturated rings. The summed E-state index contributed by atoms with van der Waals surface area (Å²) in [5.41, 5.74) is 0. The van der Waals surface area contributed by atoms with Gasteiger partial charge in [0, 0.05) is 0 Å². The summed E-state index contributed by atoms with van der Waals surface area (Å²) in [7, 11) is 0. The third kappa shape index (κ3) is 3.05. The Morgan fingerprint density at radius 2 is 2.20 bits per heavy atom. The van der Waals surface area contributed by atoms with E-state index in [0.717, 1.165) is 0 Å². The maximum Gasteiger partial charge on any atom is 0.347 e. The van der Waals surface area contributed by atoms with E-state index < -0.39 is 12.1 Å². The Labute approximate surface area is 59.0 Å². The average Bonchev–Trinajstić information content (AvgIpc) is 1.81. The lowest BCUT2D eigenvalue weighted by Gasteiger charge is -2.08. The summed E-state index contributed by atoms with van der Waals surface area (Å²) in [6.07, 6.45) is -1.57. The molecule has 10 heavy (non-hydrogen) atoms. The summed E-state index contributed by atoms with van der Waals surface area (Å²) in [6, 6.07) is 1.51. The molecule has 0 rings (SSSR count). The van der Waals surface area contributed by atoms with Crippen LogP contribution in [0.2, 0.25) is 0 Å². The number of carboxylic acid groups (broad SMARTS) is 1. The largest absolute Gasteiger partial charge is 0.479 e. The molecule has 0 aliphatic rings. The lowest BCUT2D eigenvalue weighted by molar-refractivity contribution is -0.148. The van der Waals surface area contributed by atoms with Crippen molar-refractivity contribution in [2.75, 3.05) is 0 Å². The van der Waals surface area contributed by atoms with Gasteiger partial charge in [-0.1, -0.05) is 0 Å². The Balaban J connectivity index is 3.88. The quantitative estimate of drug-likeness (QED) is 0.620. The van der Waals surface area contributed by atoms with Gasteiger partial charge in [-0.2, -0.15) is 5.26 Å². The molecule has 1 unspecified atom stereocenters. The van der Waals surface area contributed by atoms with Crippen molar-refractivity contribution in [1.82, 2.24) is 0 Å². The van der Waals surface area contributed by atoms with Crippen LogP contribution in [-0.4, -0.2) is 23.3 Å². The summed E-state index contributed by atoms with van der Waals surface area (Å²) in [5, 5.41) is 16.5. The van der Waals surface area contributed by atoms with Crippen molar-refractivity contribution < 1.29 is 14.6 Å². The molecule has 4 nitrogen and oxygen atoms in total. The van der Waals surface area contributed by atoms with Crippen LogP contribution in [0.15, 0.2) is 0 Å². The number of hydrogen-bond acceptors (Lipinski definition) is 3. The van der Waals surface area contributed by atoms with Crippen molar-refractivity contribution in [3.05, 3.63) is 0 Å². The van der Waals surface area contributed by atoms with E-state index in [0.29, 0.717) is 0 Å². The van der Waals surface area contributed by atoms with Crippen molar-refractivity contribution >= 4 is 5.97 Å². The number of aliphatic carboxylic acids is 1.